The van der Waals surface area contributed by atoms with E-state index in [1.165, 1.54) is 0 Å². The standard InChI is InChI=1S/C11H14NO/c1-12(2)11(13)9-8-10-6-4-3-5-7-10/h3-6,8-9H,7H2,1-2H3/b10-8-. The van der Waals surface area contributed by atoms with E-state index in [1.54, 1.807) is 25.4 Å². The Morgan fingerprint density at radius 1 is 1.46 bits per heavy atom. The summed E-state index contributed by atoms with van der Waals surface area (Å²) < 4.78 is 0. The first-order valence-corrected chi connectivity index (χ1v) is 4.28. The normalized spacial score (nSPS) is 17.8. The molecule has 2 nitrogen and oxygen atoms in total. The highest BCUT2D eigenvalue weighted by atomic mass is 16.2. The van der Waals surface area contributed by atoms with Gasteiger partial charge in [-0.15, -0.1) is 0 Å². The lowest BCUT2D eigenvalue weighted by atomic mass is 10.1. The maximum atomic E-state index is 11.2. The molecule has 1 aliphatic carbocycles. The number of carbonyl (C=O) groups is 1. The lowest BCUT2D eigenvalue weighted by molar-refractivity contribution is -0.124. The van der Waals surface area contributed by atoms with Gasteiger partial charge in [0.25, 0.3) is 0 Å². The number of carbonyl (C=O) groups excluding carboxylic acids is 1. The fraction of sp³-hybridized carbons (Fsp3) is 0.273. The van der Waals surface area contributed by atoms with Crippen molar-refractivity contribution in [1.29, 1.82) is 0 Å². The first kappa shape index (κ1) is 9.78. The summed E-state index contributed by atoms with van der Waals surface area (Å²) >= 11 is 0. The van der Waals surface area contributed by atoms with Crippen LogP contribution in [0.3, 0.4) is 0 Å². The number of hydrogen-bond acceptors (Lipinski definition) is 1. The van der Waals surface area contributed by atoms with E-state index >= 15 is 0 Å². The van der Waals surface area contributed by atoms with Gasteiger partial charge in [-0.25, -0.2) is 0 Å². The molecule has 0 aromatic heterocycles. The molecule has 1 radical (unpaired) electrons. The van der Waals surface area contributed by atoms with Crippen molar-refractivity contribution in [2.24, 2.45) is 0 Å². The second kappa shape index (κ2) is 4.65. The molecule has 1 amide bonds. The minimum atomic E-state index is 0.0236. The lowest BCUT2D eigenvalue weighted by Gasteiger charge is -2.08. The predicted molar refractivity (Wildman–Crippen MR) is 54.0 cm³/mol. The molecule has 13 heavy (non-hydrogen) atoms. The minimum absolute atomic E-state index is 0.0236. The quantitative estimate of drug-likeness (QED) is 0.627. The molecule has 0 aromatic carbocycles. The lowest BCUT2D eigenvalue weighted by Crippen LogP contribution is -2.21. The summed E-state index contributed by atoms with van der Waals surface area (Å²) in [6.45, 7) is 0. The van der Waals surface area contributed by atoms with Gasteiger partial charge in [0, 0.05) is 14.1 Å². The molecule has 1 rings (SSSR count). The van der Waals surface area contributed by atoms with Crippen LogP contribution in [-0.2, 0) is 4.79 Å². The Labute approximate surface area is 79.2 Å². The van der Waals surface area contributed by atoms with E-state index in [9.17, 15) is 4.79 Å². The zero-order chi connectivity index (χ0) is 9.68. The van der Waals surface area contributed by atoms with Gasteiger partial charge in [0.2, 0.25) is 5.91 Å². The van der Waals surface area contributed by atoms with Crippen LogP contribution in [0.25, 0.3) is 0 Å². The molecule has 0 bridgehead atoms. The van der Waals surface area contributed by atoms with Gasteiger partial charge in [-0.2, -0.15) is 0 Å². The van der Waals surface area contributed by atoms with E-state index < -0.39 is 0 Å². The molecule has 69 valence electrons. The zero-order valence-corrected chi connectivity index (χ0v) is 8.03. The third kappa shape index (κ3) is 3.28. The van der Waals surface area contributed by atoms with E-state index in [2.05, 4.69) is 6.08 Å². The van der Waals surface area contributed by atoms with Crippen LogP contribution in [0.15, 0.2) is 36.0 Å². The van der Waals surface area contributed by atoms with E-state index in [4.69, 9.17) is 0 Å². The van der Waals surface area contributed by atoms with Gasteiger partial charge in [0.15, 0.2) is 0 Å². The molecule has 0 fully saturated rings. The van der Waals surface area contributed by atoms with Gasteiger partial charge in [0.05, 0.1) is 6.42 Å². The van der Waals surface area contributed by atoms with Crippen molar-refractivity contribution in [1.82, 2.24) is 4.90 Å². The second-order valence-corrected chi connectivity index (χ2v) is 3.13. The molecule has 0 aliphatic heterocycles. The smallest absolute Gasteiger partial charge is 0.230 e. The molecular formula is C11H14NO. The maximum Gasteiger partial charge on any atom is 0.230 e. The summed E-state index contributed by atoms with van der Waals surface area (Å²) in [4.78, 5) is 12.7. The van der Waals surface area contributed by atoms with Crippen molar-refractivity contribution in [3.63, 3.8) is 0 Å². The third-order valence-electron chi connectivity index (χ3n) is 1.79. The van der Waals surface area contributed by atoms with Crippen LogP contribution in [0, 0.1) is 6.42 Å². The van der Waals surface area contributed by atoms with Crippen LogP contribution < -0.4 is 0 Å². The predicted octanol–water partition coefficient (Wildman–Crippen LogP) is 1.72. The molecule has 0 aromatic rings. The Balaban J connectivity index is 2.44. The van der Waals surface area contributed by atoms with Crippen LogP contribution >= 0.6 is 0 Å². The van der Waals surface area contributed by atoms with E-state index in [0.29, 0.717) is 0 Å². The first-order valence-electron chi connectivity index (χ1n) is 4.28. The van der Waals surface area contributed by atoms with Crippen molar-refractivity contribution in [2.45, 2.75) is 6.42 Å². The molecule has 0 saturated carbocycles. The van der Waals surface area contributed by atoms with Crippen molar-refractivity contribution in [3.8, 4) is 0 Å². The summed E-state index contributed by atoms with van der Waals surface area (Å²) in [7, 11) is 3.49. The van der Waals surface area contributed by atoms with Crippen molar-refractivity contribution >= 4 is 5.91 Å². The highest BCUT2D eigenvalue weighted by Gasteiger charge is 2.02. The van der Waals surface area contributed by atoms with Crippen molar-refractivity contribution in [3.05, 3.63) is 42.4 Å². The number of hydrogen-bond donors (Lipinski definition) is 0. The van der Waals surface area contributed by atoms with Crippen LogP contribution in [0.5, 0.6) is 0 Å². The van der Waals surface area contributed by atoms with Gasteiger partial charge in [-0.3, -0.25) is 4.79 Å². The van der Waals surface area contributed by atoms with Crippen molar-refractivity contribution < 1.29 is 4.79 Å². The Bertz CT molecular complexity index is 272. The third-order valence-corrected chi connectivity index (χ3v) is 1.79. The Hall–Kier alpha value is -1.31. The van der Waals surface area contributed by atoms with Gasteiger partial charge < -0.3 is 4.90 Å². The summed E-state index contributed by atoms with van der Waals surface area (Å²) in [6.07, 6.45) is 12.4. The summed E-state index contributed by atoms with van der Waals surface area (Å²) in [6, 6.07) is 0. The molecule has 0 saturated heterocycles. The SMILES string of the molecule is CN(C)C(=O)[CH]/C=C1/C=CC=CC1. The number of rotatable bonds is 2. The van der Waals surface area contributed by atoms with Gasteiger partial charge in [-0.05, 0) is 12.0 Å². The Morgan fingerprint density at radius 3 is 2.77 bits per heavy atom. The van der Waals surface area contributed by atoms with E-state index in [-0.39, 0.29) is 5.91 Å². The molecule has 1 aliphatic rings. The Kier molecular flexibility index (Phi) is 3.50. The van der Waals surface area contributed by atoms with Gasteiger partial charge in [0.1, 0.15) is 0 Å². The van der Waals surface area contributed by atoms with Crippen LogP contribution in [0.2, 0.25) is 0 Å². The van der Waals surface area contributed by atoms with Crippen LogP contribution in [0.1, 0.15) is 6.42 Å². The molecule has 0 atom stereocenters. The van der Waals surface area contributed by atoms with E-state index in [1.807, 2.05) is 24.3 Å². The number of allylic oxidation sites excluding steroid dienone is 5. The molecule has 0 heterocycles. The highest BCUT2D eigenvalue weighted by Crippen LogP contribution is 2.10. The fourth-order valence-corrected chi connectivity index (χ4v) is 0.981. The van der Waals surface area contributed by atoms with Crippen molar-refractivity contribution in [2.75, 3.05) is 14.1 Å². The molecular weight excluding hydrogens is 162 g/mol. The average molecular weight is 176 g/mol. The summed E-state index contributed by atoms with van der Waals surface area (Å²) in [5.74, 6) is 0.0236. The molecule has 2 heteroatoms. The van der Waals surface area contributed by atoms with Gasteiger partial charge in [-0.1, -0.05) is 30.4 Å². The van der Waals surface area contributed by atoms with Crippen LogP contribution in [-0.4, -0.2) is 24.9 Å². The molecule has 0 unspecified atom stereocenters. The maximum absolute atomic E-state index is 11.2. The topological polar surface area (TPSA) is 20.3 Å². The molecule has 0 N–H and O–H groups in total. The number of nitrogens with zero attached hydrogens (tertiary/aromatic N) is 1. The van der Waals surface area contributed by atoms with E-state index in [0.717, 1.165) is 12.0 Å². The minimum Gasteiger partial charge on any atom is -0.348 e. The summed E-state index contributed by atoms with van der Waals surface area (Å²) in [5.41, 5.74) is 1.16. The average Bonchev–Trinajstić information content (AvgIpc) is 2.15. The largest absolute Gasteiger partial charge is 0.348 e. The monoisotopic (exact) mass is 176 g/mol. The second-order valence-electron chi connectivity index (χ2n) is 3.13. The number of amides is 1. The highest BCUT2D eigenvalue weighted by molar-refractivity contribution is 5.86. The summed E-state index contributed by atoms with van der Waals surface area (Å²) in [5, 5.41) is 0. The fourth-order valence-electron chi connectivity index (χ4n) is 0.981. The molecule has 0 spiro atoms. The Morgan fingerprint density at radius 2 is 2.23 bits per heavy atom. The zero-order valence-electron chi connectivity index (χ0n) is 8.03. The van der Waals surface area contributed by atoms with Gasteiger partial charge >= 0.3 is 0 Å². The first-order chi connectivity index (χ1) is 6.20. The van der Waals surface area contributed by atoms with Crippen LogP contribution in [0.4, 0.5) is 0 Å².